The van der Waals surface area contributed by atoms with Crippen LogP contribution in [0.2, 0.25) is 0 Å². The second-order valence-electron chi connectivity index (χ2n) is 3.78. The molecule has 1 N–H and O–H groups in total. The van der Waals surface area contributed by atoms with Gasteiger partial charge in [0.15, 0.2) is 0 Å². The van der Waals surface area contributed by atoms with Crippen LogP contribution in [-0.2, 0) is 6.54 Å². The Balaban J connectivity index is 2.37. The fraction of sp³-hybridized carbons (Fsp3) is 0.273. The minimum absolute atomic E-state index is 0.0331. The third kappa shape index (κ3) is 2.44. The maximum absolute atomic E-state index is 12.1. The zero-order chi connectivity index (χ0) is 13.3. The molecule has 1 aromatic carbocycles. The summed E-state index contributed by atoms with van der Waals surface area (Å²) in [6, 6.07) is 4.42. The molecule has 0 aliphatic heterocycles. The van der Waals surface area contributed by atoms with Gasteiger partial charge in [0.1, 0.15) is 0 Å². The predicted molar refractivity (Wildman–Crippen MR) is 57.4 cm³/mol. The summed E-state index contributed by atoms with van der Waals surface area (Å²) in [4.78, 5) is 10.9. The molecule has 0 radical (unpaired) electrons. The van der Waals surface area contributed by atoms with E-state index in [2.05, 4.69) is 5.10 Å². The Labute approximate surface area is 99.6 Å². The zero-order valence-electron chi connectivity index (χ0n) is 9.11. The van der Waals surface area contributed by atoms with Gasteiger partial charge in [-0.2, -0.15) is 18.3 Å². The van der Waals surface area contributed by atoms with Gasteiger partial charge in [-0.3, -0.25) is 4.68 Å². The van der Waals surface area contributed by atoms with Crippen molar-refractivity contribution in [3.63, 3.8) is 0 Å². The van der Waals surface area contributed by atoms with Crippen LogP contribution in [-0.4, -0.2) is 27.0 Å². The summed E-state index contributed by atoms with van der Waals surface area (Å²) in [6.45, 7) is -0.323. The normalized spacial score (nSPS) is 11.9. The van der Waals surface area contributed by atoms with Crippen molar-refractivity contribution >= 4 is 16.9 Å². The predicted octanol–water partition coefficient (Wildman–Crippen LogP) is 2.69. The van der Waals surface area contributed by atoms with E-state index in [-0.39, 0.29) is 12.1 Å². The van der Waals surface area contributed by atoms with Gasteiger partial charge in [0.05, 0.1) is 30.2 Å². The molecule has 96 valence electrons. The number of rotatable bonds is 3. The van der Waals surface area contributed by atoms with Crippen molar-refractivity contribution in [2.24, 2.45) is 0 Å². The number of fused-ring (bicyclic) bond motifs is 1. The lowest BCUT2D eigenvalue weighted by atomic mass is 10.1. The molecule has 0 bridgehead atoms. The van der Waals surface area contributed by atoms with E-state index in [1.165, 1.54) is 18.3 Å². The number of carboxylic acid groups (broad SMARTS) is 1. The molecule has 1 heterocycles. The van der Waals surface area contributed by atoms with Crippen molar-refractivity contribution in [2.75, 3.05) is 0 Å². The van der Waals surface area contributed by atoms with Crippen molar-refractivity contribution in [1.82, 2.24) is 9.78 Å². The SMILES string of the molecule is O=C(O)c1cccc2c1cnn2CCC(F)(F)F. The molecule has 0 spiro atoms. The number of alkyl halides is 3. The Bertz CT molecular complexity index is 589. The van der Waals surface area contributed by atoms with Gasteiger partial charge in [-0.25, -0.2) is 4.79 Å². The summed E-state index contributed by atoms with van der Waals surface area (Å²) >= 11 is 0. The molecule has 2 aromatic rings. The molecule has 0 saturated carbocycles. The monoisotopic (exact) mass is 258 g/mol. The largest absolute Gasteiger partial charge is 0.478 e. The second kappa shape index (κ2) is 4.32. The number of nitrogens with zero attached hydrogens (tertiary/aromatic N) is 2. The van der Waals surface area contributed by atoms with Gasteiger partial charge in [0.25, 0.3) is 0 Å². The third-order valence-corrected chi connectivity index (χ3v) is 2.52. The molecule has 0 atom stereocenters. The number of hydrogen-bond acceptors (Lipinski definition) is 2. The molecular formula is C11H9F3N2O2. The number of aryl methyl sites for hydroxylation is 1. The number of carbonyl (C=O) groups is 1. The molecule has 0 amide bonds. The molecule has 2 rings (SSSR count). The molecule has 7 heteroatoms. The van der Waals surface area contributed by atoms with Gasteiger partial charge in [-0.05, 0) is 12.1 Å². The number of benzene rings is 1. The van der Waals surface area contributed by atoms with Crippen LogP contribution >= 0.6 is 0 Å². The van der Waals surface area contributed by atoms with Crippen LogP contribution in [0.1, 0.15) is 16.8 Å². The van der Waals surface area contributed by atoms with E-state index in [0.29, 0.717) is 10.9 Å². The van der Waals surface area contributed by atoms with Gasteiger partial charge in [0, 0.05) is 5.39 Å². The van der Waals surface area contributed by atoms with Crippen LogP contribution in [0.4, 0.5) is 13.2 Å². The van der Waals surface area contributed by atoms with Crippen molar-refractivity contribution in [2.45, 2.75) is 19.1 Å². The van der Waals surface area contributed by atoms with Crippen LogP contribution in [0.5, 0.6) is 0 Å². The molecule has 0 unspecified atom stereocenters. The average Bonchev–Trinajstić information content (AvgIpc) is 2.68. The molecule has 0 aliphatic rings. The molecule has 18 heavy (non-hydrogen) atoms. The van der Waals surface area contributed by atoms with E-state index in [9.17, 15) is 18.0 Å². The summed E-state index contributed by atoms with van der Waals surface area (Å²) in [5.41, 5.74) is 0.421. The first kappa shape index (κ1) is 12.4. The smallest absolute Gasteiger partial charge is 0.390 e. The Morgan fingerprint density at radius 3 is 2.72 bits per heavy atom. The van der Waals surface area contributed by atoms with E-state index in [4.69, 9.17) is 5.11 Å². The Morgan fingerprint density at radius 1 is 1.39 bits per heavy atom. The van der Waals surface area contributed by atoms with Gasteiger partial charge >= 0.3 is 12.1 Å². The lowest BCUT2D eigenvalue weighted by Crippen LogP contribution is -2.12. The summed E-state index contributed by atoms with van der Waals surface area (Å²) in [5, 5.41) is 13.1. The third-order valence-electron chi connectivity index (χ3n) is 2.52. The van der Waals surface area contributed by atoms with Crippen LogP contribution in [0, 0.1) is 0 Å². The van der Waals surface area contributed by atoms with E-state index >= 15 is 0 Å². The quantitative estimate of drug-likeness (QED) is 0.920. The summed E-state index contributed by atoms with van der Waals surface area (Å²) < 4.78 is 37.5. The molecular weight excluding hydrogens is 249 g/mol. The Kier molecular flexibility index (Phi) is 2.98. The first-order valence-corrected chi connectivity index (χ1v) is 5.13. The Hall–Kier alpha value is -2.05. The second-order valence-corrected chi connectivity index (χ2v) is 3.78. The van der Waals surface area contributed by atoms with Crippen molar-refractivity contribution in [3.05, 3.63) is 30.0 Å². The first-order chi connectivity index (χ1) is 8.38. The number of carboxylic acids is 1. The Morgan fingerprint density at radius 2 is 2.11 bits per heavy atom. The zero-order valence-corrected chi connectivity index (χ0v) is 9.11. The molecule has 1 aromatic heterocycles. The highest BCUT2D eigenvalue weighted by atomic mass is 19.4. The van der Waals surface area contributed by atoms with Crippen molar-refractivity contribution in [3.8, 4) is 0 Å². The van der Waals surface area contributed by atoms with E-state index in [1.807, 2.05) is 0 Å². The molecule has 0 fully saturated rings. The summed E-state index contributed by atoms with van der Waals surface area (Å²) in [5.74, 6) is -1.13. The lowest BCUT2D eigenvalue weighted by Gasteiger charge is -2.07. The summed E-state index contributed by atoms with van der Waals surface area (Å²) in [6.07, 6.45) is -3.99. The van der Waals surface area contributed by atoms with E-state index in [0.717, 1.165) is 4.68 Å². The minimum atomic E-state index is -4.26. The van der Waals surface area contributed by atoms with Crippen molar-refractivity contribution < 1.29 is 23.1 Å². The van der Waals surface area contributed by atoms with Gasteiger partial charge < -0.3 is 5.11 Å². The number of aromatic nitrogens is 2. The highest BCUT2D eigenvalue weighted by Gasteiger charge is 2.27. The summed E-state index contributed by atoms with van der Waals surface area (Å²) in [7, 11) is 0. The lowest BCUT2D eigenvalue weighted by molar-refractivity contribution is -0.137. The maximum atomic E-state index is 12.1. The fourth-order valence-electron chi connectivity index (χ4n) is 1.70. The topological polar surface area (TPSA) is 55.1 Å². The number of halogens is 3. The van der Waals surface area contributed by atoms with Gasteiger partial charge in [-0.15, -0.1) is 0 Å². The minimum Gasteiger partial charge on any atom is -0.478 e. The first-order valence-electron chi connectivity index (χ1n) is 5.13. The average molecular weight is 258 g/mol. The standard InChI is InChI=1S/C11H9F3N2O2/c12-11(13,14)4-5-16-9-3-1-2-7(10(17)18)8(9)6-15-16/h1-3,6H,4-5H2,(H,17,18). The van der Waals surface area contributed by atoms with Crippen LogP contribution < -0.4 is 0 Å². The maximum Gasteiger partial charge on any atom is 0.390 e. The number of hydrogen-bond donors (Lipinski definition) is 1. The highest BCUT2D eigenvalue weighted by molar-refractivity contribution is 6.02. The molecule has 4 nitrogen and oxygen atoms in total. The van der Waals surface area contributed by atoms with Crippen LogP contribution in [0.25, 0.3) is 10.9 Å². The van der Waals surface area contributed by atoms with Crippen molar-refractivity contribution in [1.29, 1.82) is 0 Å². The highest BCUT2D eigenvalue weighted by Crippen LogP contribution is 2.23. The van der Waals surface area contributed by atoms with Crippen LogP contribution in [0.3, 0.4) is 0 Å². The van der Waals surface area contributed by atoms with Gasteiger partial charge in [-0.1, -0.05) is 6.07 Å². The number of aromatic carboxylic acids is 1. The van der Waals surface area contributed by atoms with E-state index in [1.54, 1.807) is 6.07 Å². The molecule has 0 aliphatic carbocycles. The van der Waals surface area contributed by atoms with Crippen LogP contribution in [0.15, 0.2) is 24.4 Å². The van der Waals surface area contributed by atoms with E-state index < -0.39 is 18.6 Å². The fourth-order valence-corrected chi connectivity index (χ4v) is 1.70. The van der Waals surface area contributed by atoms with Gasteiger partial charge in [0.2, 0.25) is 0 Å². The molecule has 0 saturated heterocycles.